The van der Waals surface area contributed by atoms with Crippen molar-refractivity contribution in [1.82, 2.24) is 15.2 Å². The fourth-order valence-corrected chi connectivity index (χ4v) is 2.74. The van der Waals surface area contributed by atoms with Crippen molar-refractivity contribution in [3.63, 3.8) is 0 Å². The summed E-state index contributed by atoms with van der Waals surface area (Å²) >= 11 is 0. The summed E-state index contributed by atoms with van der Waals surface area (Å²) in [5.74, 6) is 1.53. The number of pyridine rings is 1. The van der Waals surface area contributed by atoms with Gasteiger partial charge in [0.05, 0.1) is 6.04 Å². The lowest BCUT2D eigenvalue weighted by molar-refractivity contribution is 0.197. The van der Waals surface area contributed by atoms with Crippen LogP contribution in [-0.2, 0) is 0 Å². The predicted octanol–water partition coefficient (Wildman–Crippen LogP) is 1.42. The Morgan fingerprint density at radius 1 is 1.37 bits per heavy atom. The molecule has 0 aliphatic carbocycles. The largest absolute Gasteiger partial charge is 0.353 e. The molecule has 102 valence electrons. The summed E-state index contributed by atoms with van der Waals surface area (Å²) in [4.78, 5) is 20.3. The van der Waals surface area contributed by atoms with Crippen LogP contribution >= 0.6 is 0 Å². The monoisotopic (exact) mass is 260 g/mol. The first-order chi connectivity index (χ1) is 9.15. The van der Waals surface area contributed by atoms with Crippen molar-refractivity contribution in [3.8, 4) is 0 Å². The van der Waals surface area contributed by atoms with Gasteiger partial charge in [-0.15, -0.1) is 0 Å². The van der Waals surface area contributed by atoms with E-state index >= 15 is 0 Å². The van der Waals surface area contributed by atoms with E-state index in [2.05, 4.69) is 41.2 Å². The van der Waals surface area contributed by atoms with Crippen molar-refractivity contribution in [3.05, 3.63) is 23.9 Å². The van der Waals surface area contributed by atoms with Gasteiger partial charge in [-0.25, -0.2) is 9.78 Å². The van der Waals surface area contributed by atoms with Crippen LogP contribution in [0.1, 0.15) is 25.3 Å². The van der Waals surface area contributed by atoms with Crippen molar-refractivity contribution < 1.29 is 4.79 Å². The number of nitrogens with zero attached hydrogens (tertiary/aromatic N) is 3. The first-order valence-electron chi connectivity index (χ1n) is 6.90. The molecule has 2 aliphatic rings. The predicted molar refractivity (Wildman–Crippen MR) is 74.4 cm³/mol. The molecule has 1 aromatic heterocycles. The molecular formula is C14H20N4O. The van der Waals surface area contributed by atoms with Crippen LogP contribution in [-0.4, -0.2) is 48.1 Å². The fourth-order valence-electron chi connectivity index (χ4n) is 2.74. The Bertz CT molecular complexity index is 471. The summed E-state index contributed by atoms with van der Waals surface area (Å²) in [5.41, 5.74) is 1.26. The summed E-state index contributed by atoms with van der Waals surface area (Å²) in [7, 11) is 0. The SMILES string of the molecule is CC(C)c1ccc(N2CCN3C(=O)NC[C@H]3C2)nc1. The van der Waals surface area contributed by atoms with Gasteiger partial charge in [0.25, 0.3) is 0 Å². The maximum absolute atomic E-state index is 11.6. The smallest absolute Gasteiger partial charge is 0.317 e. The average molecular weight is 260 g/mol. The molecule has 0 radical (unpaired) electrons. The number of urea groups is 1. The second kappa shape index (κ2) is 4.72. The van der Waals surface area contributed by atoms with Gasteiger partial charge in [0.1, 0.15) is 5.82 Å². The van der Waals surface area contributed by atoms with Crippen molar-refractivity contribution in [1.29, 1.82) is 0 Å². The van der Waals surface area contributed by atoms with E-state index in [1.54, 1.807) is 0 Å². The number of anilines is 1. The molecule has 5 nitrogen and oxygen atoms in total. The second-order valence-electron chi connectivity index (χ2n) is 5.58. The highest BCUT2D eigenvalue weighted by molar-refractivity contribution is 5.77. The van der Waals surface area contributed by atoms with Crippen LogP contribution < -0.4 is 10.2 Å². The number of hydrogen-bond acceptors (Lipinski definition) is 3. The second-order valence-corrected chi connectivity index (χ2v) is 5.58. The number of aromatic nitrogens is 1. The first-order valence-corrected chi connectivity index (χ1v) is 6.90. The Morgan fingerprint density at radius 2 is 2.21 bits per heavy atom. The molecular weight excluding hydrogens is 240 g/mol. The third kappa shape index (κ3) is 2.25. The highest BCUT2D eigenvalue weighted by Crippen LogP contribution is 2.21. The minimum Gasteiger partial charge on any atom is -0.353 e. The van der Waals surface area contributed by atoms with Gasteiger partial charge >= 0.3 is 6.03 Å². The van der Waals surface area contributed by atoms with Gasteiger partial charge in [-0.05, 0) is 17.5 Å². The zero-order valence-corrected chi connectivity index (χ0v) is 11.5. The Morgan fingerprint density at radius 3 is 2.89 bits per heavy atom. The lowest BCUT2D eigenvalue weighted by Crippen LogP contribution is -2.52. The maximum atomic E-state index is 11.6. The zero-order valence-electron chi connectivity index (χ0n) is 11.5. The van der Waals surface area contributed by atoms with Crippen LogP contribution in [0.5, 0.6) is 0 Å². The van der Waals surface area contributed by atoms with Crippen LogP contribution in [0.4, 0.5) is 10.6 Å². The molecule has 19 heavy (non-hydrogen) atoms. The molecule has 3 heterocycles. The number of piperazine rings is 1. The lowest BCUT2D eigenvalue weighted by Gasteiger charge is -2.37. The molecule has 0 unspecified atom stereocenters. The number of amides is 2. The van der Waals surface area contributed by atoms with Gasteiger partial charge in [0.15, 0.2) is 0 Å². The molecule has 2 amide bonds. The number of nitrogens with one attached hydrogen (secondary N) is 1. The number of rotatable bonds is 2. The highest BCUT2D eigenvalue weighted by atomic mass is 16.2. The van der Waals surface area contributed by atoms with Crippen LogP contribution in [0, 0.1) is 0 Å². The molecule has 1 atom stereocenters. The maximum Gasteiger partial charge on any atom is 0.317 e. The van der Waals surface area contributed by atoms with Crippen LogP contribution in [0.3, 0.4) is 0 Å². The molecule has 2 fully saturated rings. The average Bonchev–Trinajstić information content (AvgIpc) is 2.80. The molecule has 0 spiro atoms. The van der Waals surface area contributed by atoms with E-state index in [1.165, 1.54) is 5.56 Å². The molecule has 3 rings (SSSR count). The third-order valence-electron chi connectivity index (χ3n) is 3.99. The molecule has 1 aromatic rings. The lowest BCUT2D eigenvalue weighted by atomic mass is 10.1. The number of fused-ring (bicyclic) bond motifs is 1. The summed E-state index contributed by atoms with van der Waals surface area (Å²) in [6.45, 7) is 7.60. The number of hydrogen-bond donors (Lipinski definition) is 1. The van der Waals surface area contributed by atoms with E-state index < -0.39 is 0 Å². The van der Waals surface area contributed by atoms with Gasteiger partial charge in [0, 0.05) is 32.4 Å². The summed E-state index contributed by atoms with van der Waals surface area (Å²) in [6.07, 6.45) is 1.96. The summed E-state index contributed by atoms with van der Waals surface area (Å²) < 4.78 is 0. The fraction of sp³-hybridized carbons (Fsp3) is 0.571. The van der Waals surface area contributed by atoms with Crippen molar-refractivity contribution in [2.24, 2.45) is 0 Å². The van der Waals surface area contributed by atoms with Gasteiger partial charge < -0.3 is 15.1 Å². The Labute approximate surface area is 113 Å². The van der Waals surface area contributed by atoms with E-state index in [-0.39, 0.29) is 12.1 Å². The number of carbonyl (C=O) groups excluding carboxylic acids is 1. The van der Waals surface area contributed by atoms with Gasteiger partial charge in [-0.1, -0.05) is 19.9 Å². The topological polar surface area (TPSA) is 48.5 Å². The Balaban J connectivity index is 1.71. The van der Waals surface area contributed by atoms with Gasteiger partial charge in [-0.2, -0.15) is 0 Å². The molecule has 0 bridgehead atoms. The highest BCUT2D eigenvalue weighted by Gasteiger charge is 2.35. The van der Waals surface area contributed by atoms with E-state index in [0.717, 1.165) is 32.0 Å². The van der Waals surface area contributed by atoms with Gasteiger partial charge in [0.2, 0.25) is 0 Å². The first kappa shape index (κ1) is 12.3. The van der Waals surface area contributed by atoms with Crippen molar-refractivity contribution >= 4 is 11.8 Å². The molecule has 0 aromatic carbocycles. The van der Waals surface area contributed by atoms with Crippen LogP contribution in [0.2, 0.25) is 0 Å². The molecule has 0 saturated carbocycles. The Kier molecular flexibility index (Phi) is 3.05. The Hall–Kier alpha value is -1.78. The normalized spacial score (nSPS) is 22.7. The van der Waals surface area contributed by atoms with Crippen molar-refractivity contribution in [2.75, 3.05) is 31.1 Å². The third-order valence-corrected chi connectivity index (χ3v) is 3.99. The molecule has 2 aliphatic heterocycles. The molecule has 2 saturated heterocycles. The summed E-state index contributed by atoms with van der Waals surface area (Å²) in [6, 6.07) is 4.60. The van der Waals surface area contributed by atoms with Crippen LogP contribution in [0.15, 0.2) is 18.3 Å². The summed E-state index contributed by atoms with van der Waals surface area (Å²) in [5, 5.41) is 2.90. The molecule has 1 N–H and O–H groups in total. The van der Waals surface area contributed by atoms with E-state index in [9.17, 15) is 4.79 Å². The van der Waals surface area contributed by atoms with E-state index in [1.807, 2.05) is 11.1 Å². The minimum absolute atomic E-state index is 0.0766. The number of carbonyl (C=O) groups is 1. The zero-order chi connectivity index (χ0) is 13.4. The minimum atomic E-state index is 0.0766. The van der Waals surface area contributed by atoms with E-state index in [4.69, 9.17) is 0 Å². The van der Waals surface area contributed by atoms with Crippen LogP contribution in [0.25, 0.3) is 0 Å². The quantitative estimate of drug-likeness (QED) is 0.875. The standard InChI is InChI=1S/C14H20N4O/c1-10(2)11-3-4-13(15-7-11)17-5-6-18-12(9-17)8-16-14(18)19/h3-4,7,10,12H,5-6,8-9H2,1-2H3,(H,16,19)/t12-/m0/s1. The van der Waals surface area contributed by atoms with Crippen molar-refractivity contribution in [2.45, 2.75) is 25.8 Å². The van der Waals surface area contributed by atoms with Gasteiger partial charge in [-0.3, -0.25) is 0 Å². The molecule has 5 heteroatoms. The van der Waals surface area contributed by atoms with E-state index in [0.29, 0.717) is 5.92 Å².